The fourth-order valence-corrected chi connectivity index (χ4v) is 6.89. The molecule has 1 spiro atoms. The van der Waals surface area contributed by atoms with Crippen molar-refractivity contribution in [2.75, 3.05) is 10.2 Å². The van der Waals surface area contributed by atoms with Crippen molar-refractivity contribution in [2.45, 2.75) is 45.2 Å². The monoisotopic (exact) mass is 568 g/mol. The van der Waals surface area contributed by atoms with Crippen LogP contribution >= 0.6 is 15.9 Å². The minimum atomic E-state index is -1.28. The van der Waals surface area contributed by atoms with Crippen LogP contribution in [0.25, 0.3) is 5.57 Å². The van der Waals surface area contributed by atoms with E-state index < -0.39 is 28.8 Å². The summed E-state index contributed by atoms with van der Waals surface area (Å²) in [5.41, 5.74) is 2.84. The number of hydrogen-bond donors (Lipinski definition) is 1. The molecule has 3 aliphatic rings. The smallest absolute Gasteiger partial charge is 0.238 e. The van der Waals surface area contributed by atoms with Crippen molar-refractivity contribution in [3.05, 3.63) is 100 Å². The SMILES string of the molecule is CC1=CC2N(c3ccccc31)C(C(=O)C(C)(C)C)C(C(=O)c1ccc(Br)cc1)C21C(=O)Nc2ccccc21. The third-order valence-corrected chi connectivity index (χ3v) is 8.83. The highest BCUT2D eigenvalue weighted by atomic mass is 79.9. The van der Waals surface area contributed by atoms with E-state index in [1.165, 1.54) is 0 Å². The fraction of sp³-hybridized carbons (Fsp3) is 0.281. The Kier molecular flexibility index (Phi) is 5.55. The van der Waals surface area contributed by atoms with Gasteiger partial charge in [0, 0.05) is 32.4 Å². The Morgan fingerprint density at radius 3 is 2.32 bits per heavy atom. The number of para-hydroxylation sites is 2. The van der Waals surface area contributed by atoms with Crippen LogP contribution in [0.15, 0.2) is 83.3 Å². The normalized spacial score (nSPS) is 25.4. The Hall–Kier alpha value is -3.51. The van der Waals surface area contributed by atoms with Gasteiger partial charge in [-0.2, -0.15) is 0 Å². The van der Waals surface area contributed by atoms with E-state index in [1.54, 1.807) is 12.1 Å². The van der Waals surface area contributed by atoms with Crippen molar-refractivity contribution in [1.82, 2.24) is 0 Å². The summed E-state index contributed by atoms with van der Waals surface area (Å²) < 4.78 is 0.853. The molecule has 1 fully saturated rings. The highest BCUT2D eigenvalue weighted by Crippen LogP contribution is 2.59. The third-order valence-electron chi connectivity index (χ3n) is 8.30. The number of rotatable bonds is 3. The highest BCUT2D eigenvalue weighted by molar-refractivity contribution is 9.10. The van der Waals surface area contributed by atoms with Crippen molar-refractivity contribution in [3.8, 4) is 0 Å². The van der Waals surface area contributed by atoms with Gasteiger partial charge in [-0.1, -0.05) is 91.3 Å². The van der Waals surface area contributed by atoms with Crippen LogP contribution in [0, 0.1) is 11.3 Å². The molecule has 3 heterocycles. The number of nitrogens with zero attached hydrogens (tertiary/aromatic N) is 1. The lowest BCUT2D eigenvalue weighted by Crippen LogP contribution is -2.51. The fourth-order valence-electron chi connectivity index (χ4n) is 6.62. The van der Waals surface area contributed by atoms with Crippen molar-refractivity contribution in [2.24, 2.45) is 11.3 Å². The number of benzene rings is 3. The van der Waals surface area contributed by atoms with Gasteiger partial charge in [0.15, 0.2) is 11.6 Å². The molecular formula is C32H29BrN2O3. The zero-order valence-electron chi connectivity index (χ0n) is 21.8. The summed E-state index contributed by atoms with van der Waals surface area (Å²) in [6.07, 6.45) is 2.09. The molecule has 0 aliphatic carbocycles. The molecule has 3 aliphatic heterocycles. The summed E-state index contributed by atoms with van der Waals surface area (Å²) in [5.74, 6) is -1.43. The number of allylic oxidation sites excluding steroid dienone is 1. The van der Waals surface area contributed by atoms with Gasteiger partial charge in [-0.3, -0.25) is 14.4 Å². The maximum absolute atomic E-state index is 14.7. The Bertz CT molecular complexity index is 1530. The molecule has 6 heteroatoms. The molecule has 3 aromatic rings. The van der Waals surface area contributed by atoms with Crippen LogP contribution in [-0.4, -0.2) is 29.6 Å². The lowest BCUT2D eigenvalue weighted by atomic mass is 9.63. The highest BCUT2D eigenvalue weighted by Gasteiger charge is 2.71. The molecule has 1 saturated heterocycles. The van der Waals surface area contributed by atoms with E-state index in [-0.39, 0.29) is 17.5 Å². The second-order valence-corrected chi connectivity index (χ2v) is 12.4. The van der Waals surface area contributed by atoms with Gasteiger partial charge in [-0.05, 0) is 42.3 Å². The molecular weight excluding hydrogens is 540 g/mol. The predicted octanol–water partition coefficient (Wildman–Crippen LogP) is 6.43. The van der Waals surface area contributed by atoms with Crippen LogP contribution in [0.5, 0.6) is 0 Å². The molecule has 0 bridgehead atoms. The number of hydrogen-bond acceptors (Lipinski definition) is 4. The molecule has 1 amide bonds. The van der Waals surface area contributed by atoms with Crippen molar-refractivity contribution >= 4 is 50.4 Å². The summed E-state index contributed by atoms with van der Waals surface area (Å²) in [4.78, 5) is 45.5. The molecule has 0 aromatic heterocycles. The summed E-state index contributed by atoms with van der Waals surface area (Å²) >= 11 is 3.46. The van der Waals surface area contributed by atoms with Crippen LogP contribution in [-0.2, 0) is 15.0 Å². The first kappa shape index (κ1) is 24.8. The number of anilines is 2. The first-order valence-corrected chi connectivity index (χ1v) is 13.7. The van der Waals surface area contributed by atoms with E-state index in [9.17, 15) is 14.4 Å². The molecule has 6 rings (SSSR count). The minimum absolute atomic E-state index is 0.0604. The van der Waals surface area contributed by atoms with Crippen LogP contribution in [0.2, 0.25) is 0 Å². The number of ketones is 2. The van der Waals surface area contributed by atoms with Crippen molar-refractivity contribution < 1.29 is 14.4 Å². The Morgan fingerprint density at radius 2 is 1.61 bits per heavy atom. The summed E-state index contributed by atoms with van der Waals surface area (Å²) in [6.45, 7) is 7.69. The Balaban J connectivity index is 1.70. The molecule has 192 valence electrons. The summed E-state index contributed by atoms with van der Waals surface area (Å²) in [7, 11) is 0. The summed E-state index contributed by atoms with van der Waals surface area (Å²) in [5, 5.41) is 3.08. The first-order chi connectivity index (χ1) is 18.1. The Labute approximate surface area is 231 Å². The number of amides is 1. The van der Waals surface area contributed by atoms with Gasteiger partial charge in [-0.15, -0.1) is 0 Å². The van der Waals surface area contributed by atoms with E-state index >= 15 is 0 Å². The predicted molar refractivity (Wildman–Crippen MR) is 153 cm³/mol. The molecule has 1 N–H and O–H groups in total. The van der Waals surface area contributed by atoms with Gasteiger partial charge >= 0.3 is 0 Å². The van der Waals surface area contributed by atoms with Gasteiger partial charge in [-0.25, -0.2) is 0 Å². The third kappa shape index (κ3) is 3.32. The Morgan fingerprint density at radius 1 is 0.947 bits per heavy atom. The molecule has 0 saturated carbocycles. The van der Waals surface area contributed by atoms with Crippen molar-refractivity contribution in [3.63, 3.8) is 0 Å². The number of nitrogens with one attached hydrogen (secondary N) is 1. The molecule has 3 aromatic carbocycles. The van der Waals surface area contributed by atoms with Gasteiger partial charge in [0.25, 0.3) is 0 Å². The standard InChI is InChI=1S/C32H29BrN2O3/c1-18-17-25-32(22-10-6-7-11-23(22)34-30(32)38)26(28(36)19-13-15-20(33)16-14-19)27(29(37)31(2,3)4)35(25)24-12-8-5-9-21(18)24/h5-17,25-27H,1-4H3,(H,34,38). The molecule has 4 atom stereocenters. The van der Waals surface area contributed by atoms with Gasteiger partial charge in [0.05, 0.1) is 12.0 Å². The van der Waals surface area contributed by atoms with E-state index in [2.05, 4.69) is 32.2 Å². The average molecular weight is 569 g/mol. The average Bonchev–Trinajstić information content (AvgIpc) is 3.36. The molecule has 4 unspecified atom stereocenters. The molecule has 38 heavy (non-hydrogen) atoms. The van der Waals surface area contributed by atoms with E-state index in [0.717, 1.165) is 26.9 Å². The van der Waals surface area contributed by atoms with Crippen LogP contribution in [0.4, 0.5) is 11.4 Å². The van der Waals surface area contributed by atoms with Crippen LogP contribution in [0.3, 0.4) is 0 Å². The number of fused-ring (bicyclic) bond motifs is 6. The van der Waals surface area contributed by atoms with Gasteiger partial charge in [0.2, 0.25) is 5.91 Å². The van der Waals surface area contributed by atoms with Crippen LogP contribution in [0.1, 0.15) is 49.2 Å². The zero-order chi connectivity index (χ0) is 27.0. The maximum Gasteiger partial charge on any atom is 0.238 e. The van der Waals surface area contributed by atoms with Gasteiger partial charge in [0.1, 0.15) is 11.5 Å². The maximum atomic E-state index is 14.7. The number of Topliss-reactive ketones (excluding diaryl/α,β-unsaturated/α-hetero) is 2. The quantitative estimate of drug-likeness (QED) is 0.370. The minimum Gasteiger partial charge on any atom is -0.352 e. The van der Waals surface area contributed by atoms with E-state index in [0.29, 0.717) is 11.3 Å². The van der Waals surface area contributed by atoms with E-state index in [4.69, 9.17) is 0 Å². The van der Waals surface area contributed by atoms with Crippen LogP contribution < -0.4 is 10.2 Å². The second kappa shape index (κ2) is 8.50. The van der Waals surface area contributed by atoms with Crippen molar-refractivity contribution in [1.29, 1.82) is 0 Å². The van der Waals surface area contributed by atoms with Gasteiger partial charge < -0.3 is 10.2 Å². The topological polar surface area (TPSA) is 66.5 Å². The lowest BCUT2D eigenvalue weighted by molar-refractivity contribution is -0.128. The lowest BCUT2D eigenvalue weighted by Gasteiger charge is -2.39. The summed E-state index contributed by atoms with van der Waals surface area (Å²) in [6, 6.07) is 21.4. The largest absolute Gasteiger partial charge is 0.352 e. The zero-order valence-corrected chi connectivity index (χ0v) is 23.4. The number of halogens is 1. The first-order valence-electron chi connectivity index (χ1n) is 12.9. The number of carbonyl (C=O) groups is 3. The molecule has 0 radical (unpaired) electrons. The molecule has 5 nitrogen and oxygen atoms in total. The number of carbonyl (C=O) groups excluding carboxylic acids is 3. The second-order valence-electron chi connectivity index (χ2n) is 11.5. The van der Waals surface area contributed by atoms with E-state index in [1.807, 2.05) is 88.4 Å².